The van der Waals surface area contributed by atoms with Crippen molar-refractivity contribution in [1.82, 2.24) is 20.1 Å². The van der Waals surface area contributed by atoms with Crippen LogP contribution in [0.25, 0.3) is 0 Å². The van der Waals surface area contributed by atoms with Crippen LogP contribution >= 0.6 is 0 Å². The molecule has 0 saturated carbocycles. The summed E-state index contributed by atoms with van der Waals surface area (Å²) in [4.78, 5) is 6.91. The third-order valence-electron chi connectivity index (χ3n) is 3.33. The molecular formula is C16H31N5O. The molecule has 6 nitrogen and oxygen atoms in total. The summed E-state index contributed by atoms with van der Waals surface area (Å²) in [6.45, 7) is 7.37. The van der Waals surface area contributed by atoms with E-state index >= 15 is 0 Å². The Kier molecular flexibility index (Phi) is 9.34. The van der Waals surface area contributed by atoms with E-state index in [0.717, 1.165) is 45.2 Å². The number of ether oxygens (including phenoxy) is 1. The van der Waals surface area contributed by atoms with Gasteiger partial charge in [-0.25, -0.2) is 4.99 Å². The van der Waals surface area contributed by atoms with Crippen LogP contribution in [0.5, 0.6) is 0 Å². The Morgan fingerprint density at radius 3 is 2.82 bits per heavy atom. The van der Waals surface area contributed by atoms with Crippen LogP contribution in [-0.4, -0.2) is 62.4 Å². The van der Waals surface area contributed by atoms with Crippen molar-refractivity contribution >= 4 is 5.96 Å². The van der Waals surface area contributed by atoms with Crippen LogP contribution in [0, 0.1) is 0 Å². The lowest BCUT2D eigenvalue weighted by molar-refractivity contribution is 0.180. The van der Waals surface area contributed by atoms with Crippen LogP contribution in [-0.2, 0) is 18.3 Å². The molecule has 126 valence electrons. The maximum absolute atomic E-state index is 5.07. The number of aryl methyl sites for hydroxylation is 1. The molecule has 0 bridgehead atoms. The van der Waals surface area contributed by atoms with Crippen LogP contribution in [0.2, 0.25) is 0 Å². The van der Waals surface area contributed by atoms with Crippen molar-refractivity contribution in [2.45, 2.75) is 19.9 Å². The first-order valence-electron chi connectivity index (χ1n) is 7.96. The Morgan fingerprint density at radius 2 is 2.18 bits per heavy atom. The van der Waals surface area contributed by atoms with Crippen molar-refractivity contribution in [3.05, 3.63) is 24.0 Å². The minimum Gasteiger partial charge on any atom is -0.385 e. The number of aromatic nitrogens is 1. The molecule has 1 aromatic rings. The van der Waals surface area contributed by atoms with Crippen molar-refractivity contribution in [2.75, 3.05) is 46.9 Å². The monoisotopic (exact) mass is 309 g/mol. The van der Waals surface area contributed by atoms with Crippen molar-refractivity contribution in [3.63, 3.8) is 0 Å². The average molecular weight is 309 g/mol. The van der Waals surface area contributed by atoms with Gasteiger partial charge >= 0.3 is 0 Å². The van der Waals surface area contributed by atoms with Crippen LogP contribution < -0.4 is 10.6 Å². The molecule has 6 heteroatoms. The highest BCUT2D eigenvalue weighted by molar-refractivity contribution is 5.79. The number of rotatable bonds is 10. The summed E-state index contributed by atoms with van der Waals surface area (Å²) >= 11 is 0. The van der Waals surface area contributed by atoms with Crippen molar-refractivity contribution in [2.24, 2.45) is 12.0 Å². The van der Waals surface area contributed by atoms with Gasteiger partial charge in [-0.2, -0.15) is 0 Å². The van der Waals surface area contributed by atoms with Gasteiger partial charge in [-0.1, -0.05) is 0 Å². The molecule has 0 radical (unpaired) electrons. The highest BCUT2D eigenvalue weighted by Crippen LogP contribution is 2.00. The Morgan fingerprint density at radius 1 is 1.36 bits per heavy atom. The summed E-state index contributed by atoms with van der Waals surface area (Å²) in [6, 6.07) is 2.09. The first-order valence-corrected chi connectivity index (χ1v) is 7.96. The van der Waals surface area contributed by atoms with E-state index in [-0.39, 0.29) is 0 Å². The van der Waals surface area contributed by atoms with Gasteiger partial charge < -0.3 is 24.8 Å². The summed E-state index contributed by atoms with van der Waals surface area (Å²) in [6.07, 6.45) is 5.20. The fourth-order valence-corrected chi connectivity index (χ4v) is 2.12. The fraction of sp³-hybridized carbons (Fsp3) is 0.688. The lowest BCUT2D eigenvalue weighted by Gasteiger charge is -2.18. The van der Waals surface area contributed by atoms with Gasteiger partial charge in [-0.3, -0.25) is 0 Å². The first kappa shape index (κ1) is 18.5. The van der Waals surface area contributed by atoms with Gasteiger partial charge in [-0.05, 0) is 32.0 Å². The third-order valence-corrected chi connectivity index (χ3v) is 3.33. The van der Waals surface area contributed by atoms with E-state index in [1.165, 1.54) is 5.56 Å². The molecular weight excluding hydrogens is 278 g/mol. The van der Waals surface area contributed by atoms with Crippen LogP contribution in [0.4, 0.5) is 0 Å². The molecule has 0 aliphatic rings. The van der Waals surface area contributed by atoms with E-state index in [0.29, 0.717) is 6.54 Å². The van der Waals surface area contributed by atoms with Gasteiger partial charge in [0.25, 0.3) is 0 Å². The molecule has 0 spiro atoms. The molecule has 0 saturated heterocycles. The number of nitrogens with one attached hydrogen (secondary N) is 2. The molecule has 0 aliphatic carbocycles. The molecule has 2 N–H and O–H groups in total. The molecule has 1 aromatic heterocycles. The topological polar surface area (TPSA) is 53.8 Å². The highest BCUT2D eigenvalue weighted by Gasteiger charge is 2.01. The second-order valence-electron chi connectivity index (χ2n) is 5.46. The lowest BCUT2D eigenvalue weighted by atomic mass is 10.3. The third kappa shape index (κ3) is 8.05. The van der Waals surface area contributed by atoms with Crippen LogP contribution in [0.3, 0.4) is 0 Å². The minimum atomic E-state index is 0.694. The summed E-state index contributed by atoms with van der Waals surface area (Å²) in [5.74, 6) is 0.872. The van der Waals surface area contributed by atoms with E-state index in [4.69, 9.17) is 4.74 Å². The Bertz CT molecular complexity index is 430. The van der Waals surface area contributed by atoms with E-state index < -0.39 is 0 Å². The number of guanidine groups is 1. The maximum Gasteiger partial charge on any atom is 0.191 e. The molecule has 0 aliphatic heterocycles. The molecule has 0 fully saturated rings. The van der Waals surface area contributed by atoms with E-state index in [1.807, 2.05) is 17.8 Å². The summed E-state index contributed by atoms with van der Waals surface area (Å²) in [5, 5.41) is 6.66. The van der Waals surface area contributed by atoms with Gasteiger partial charge in [0, 0.05) is 59.3 Å². The van der Waals surface area contributed by atoms with Crippen molar-refractivity contribution in [3.8, 4) is 0 Å². The molecule has 1 heterocycles. The van der Waals surface area contributed by atoms with Gasteiger partial charge in [0.05, 0.1) is 6.54 Å². The SMILES string of the molecule is CCNC(=NCc1ccn(C)c1)NCCN(C)CCCOC. The molecule has 22 heavy (non-hydrogen) atoms. The lowest BCUT2D eigenvalue weighted by Crippen LogP contribution is -2.41. The summed E-state index contributed by atoms with van der Waals surface area (Å²) in [5.41, 5.74) is 1.22. The predicted octanol–water partition coefficient (Wildman–Crippen LogP) is 1.05. The molecule has 0 unspecified atom stereocenters. The zero-order valence-corrected chi connectivity index (χ0v) is 14.4. The van der Waals surface area contributed by atoms with Gasteiger partial charge in [0.15, 0.2) is 5.96 Å². The maximum atomic E-state index is 5.07. The smallest absolute Gasteiger partial charge is 0.191 e. The van der Waals surface area contributed by atoms with Gasteiger partial charge in [0.2, 0.25) is 0 Å². The number of likely N-dealkylation sites (N-methyl/N-ethyl adjacent to an activating group) is 1. The summed E-state index contributed by atoms with van der Waals surface area (Å²) in [7, 11) is 5.90. The second-order valence-corrected chi connectivity index (χ2v) is 5.46. The summed E-state index contributed by atoms with van der Waals surface area (Å²) < 4.78 is 7.11. The molecule has 0 amide bonds. The Balaban J connectivity index is 2.30. The van der Waals surface area contributed by atoms with Crippen molar-refractivity contribution < 1.29 is 4.74 Å². The normalized spacial score (nSPS) is 12.0. The second kappa shape index (κ2) is 11.1. The number of nitrogens with zero attached hydrogens (tertiary/aromatic N) is 3. The fourth-order valence-electron chi connectivity index (χ4n) is 2.12. The standard InChI is InChI=1S/C16H31N5O/c1-5-17-16(19-13-15-7-10-21(3)14-15)18-8-11-20(2)9-6-12-22-4/h7,10,14H,5-6,8-9,11-13H2,1-4H3,(H2,17,18,19). The average Bonchev–Trinajstić information content (AvgIpc) is 2.91. The number of aliphatic imine (C=N–C) groups is 1. The van der Waals surface area contributed by atoms with Crippen LogP contribution in [0.15, 0.2) is 23.5 Å². The largest absolute Gasteiger partial charge is 0.385 e. The highest BCUT2D eigenvalue weighted by atomic mass is 16.5. The van der Waals surface area contributed by atoms with Crippen LogP contribution in [0.1, 0.15) is 18.9 Å². The van der Waals surface area contributed by atoms with E-state index in [2.05, 4.69) is 46.8 Å². The van der Waals surface area contributed by atoms with Gasteiger partial charge in [-0.15, -0.1) is 0 Å². The van der Waals surface area contributed by atoms with E-state index in [9.17, 15) is 0 Å². The number of hydrogen-bond donors (Lipinski definition) is 2. The predicted molar refractivity (Wildman–Crippen MR) is 92.2 cm³/mol. The number of methoxy groups -OCH3 is 1. The Labute approximate surface area is 134 Å². The first-order chi connectivity index (χ1) is 10.7. The molecule has 1 rings (SSSR count). The minimum absolute atomic E-state index is 0.694. The zero-order valence-electron chi connectivity index (χ0n) is 14.4. The van der Waals surface area contributed by atoms with Crippen molar-refractivity contribution in [1.29, 1.82) is 0 Å². The van der Waals surface area contributed by atoms with E-state index in [1.54, 1.807) is 7.11 Å². The molecule has 0 aromatic carbocycles. The zero-order chi connectivity index (χ0) is 16.2. The van der Waals surface area contributed by atoms with Gasteiger partial charge in [0.1, 0.15) is 0 Å². The Hall–Kier alpha value is -1.53. The molecule has 0 atom stereocenters. The number of hydrogen-bond acceptors (Lipinski definition) is 3. The quantitative estimate of drug-likeness (QED) is 0.385.